The van der Waals surface area contributed by atoms with Crippen LogP contribution < -0.4 is 5.73 Å². The molecule has 5 heteroatoms. The minimum atomic E-state index is -0.241. The lowest BCUT2D eigenvalue weighted by atomic mass is 9.84. The third kappa shape index (κ3) is 3.51. The van der Waals surface area contributed by atoms with Crippen molar-refractivity contribution in [1.82, 2.24) is 9.80 Å². The van der Waals surface area contributed by atoms with E-state index in [1.165, 1.54) is 0 Å². The van der Waals surface area contributed by atoms with Gasteiger partial charge in [0.2, 0.25) is 11.8 Å². The predicted molar refractivity (Wildman–Crippen MR) is 78.0 cm³/mol. The largest absolute Gasteiger partial charge is 0.347 e. The minimum absolute atomic E-state index is 0.0520. The second-order valence-corrected chi connectivity index (χ2v) is 6.47. The zero-order chi connectivity index (χ0) is 14.7. The van der Waals surface area contributed by atoms with Gasteiger partial charge in [-0.1, -0.05) is 6.42 Å². The molecule has 0 bridgehead atoms. The number of carbonyl (C=O) groups excluding carboxylic acids is 2. The van der Waals surface area contributed by atoms with Gasteiger partial charge in [-0.15, -0.1) is 0 Å². The van der Waals surface area contributed by atoms with E-state index in [1.54, 1.807) is 23.9 Å². The van der Waals surface area contributed by atoms with Crippen LogP contribution in [0, 0.1) is 5.92 Å². The maximum absolute atomic E-state index is 12.5. The summed E-state index contributed by atoms with van der Waals surface area (Å²) in [5.74, 6) is 0.597. The molecule has 3 unspecified atom stereocenters. The molecule has 1 aliphatic heterocycles. The molecule has 0 aromatic heterocycles. The van der Waals surface area contributed by atoms with Gasteiger partial charge in [-0.25, -0.2) is 0 Å². The average molecular weight is 281 g/mol. The summed E-state index contributed by atoms with van der Waals surface area (Å²) in [6, 6.07) is 0.00842. The molecule has 1 heterocycles. The van der Waals surface area contributed by atoms with Crippen LogP contribution in [0.3, 0.4) is 0 Å². The van der Waals surface area contributed by atoms with Gasteiger partial charge in [-0.3, -0.25) is 9.59 Å². The van der Waals surface area contributed by atoms with Crippen LogP contribution in [0.4, 0.5) is 0 Å². The Morgan fingerprint density at radius 3 is 2.60 bits per heavy atom. The van der Waals surface area contributed by atoms with Crippen molar-refractivity contribution >= 4 is 11.8 Å². The van der Waals surface area contributed by atoms with E-state index in [2.05, 4.69) is 0 Å². The molecule has 1 saturated heterocycles. The molecular weight excluding hydrogens is 254 g/mol. The fraction of sp³-hybridized carbons (Fsp3) is 0.867. The molecular formula is C15H27N3O2. The molecule has 5 nitrogen and oxygen atoms in total. The topological polar surface area (TPSA) is 66.6 Å². The zero-order valence-corrected chi connectivity index (χ0v) is 12.7. The normalized spacial score (nSPS) is 30.4. The fourth-order valence-electron chi connectivity index (χ4n) is 3.50. The van der Waals surface area contributed by atoms with E-state index < -0.39 is 0 Å². The molecule has 3 atom stereocenters. The van der Waals surface area contributed by atoms with Gasteiger partial charge in [-0.2, -0.15) is 0 Å². The van der Waals surface area contributed by atoms with Crippen molar-refractivity contribution in [3.8, 4) is 0 Å². The van der Waals surface area contributed by atoms with Gasteiger partial charge >= 0.3 is 0 Å². The SMILES string of the molecule is CN(C)C(=O)C1CCCN1C(=O)CC1CCCC(N)C1. The van der Waals surface area contributed by atoms with E-state index >= 15 is 0 Å². The molecule has 114 valence electrons. The van der Waals surface area contributed by atoms with Gasteiger partial charge in [-0.05, 0) is 38.0 Å². The molecule has 0 spiro atoms. The Morgan fingerprint density at radius 2 is 1.95 bits per heavy atom. The number of carbonyl (C=O) groups is 2. The Bertz CT molecular complexity index is 370. The number of nitrogens with two attached hydrogens (primary N) is 1. The van der Waals surface area contributed by atoms with E-state index in [0.717, 1.165) is 45.1 Å². The Labute approximate surface area is 121 Å². The van der Waals surface area contributed by atoms with Gasteiger partial charge in [0, 0.05) is 33.1 Å². The molecule has 1 aliphatic carbocycles. The van der Waals surface area contributed by atoms with Gasteiger partial charge in [0.05, 0.1) is 0 Å². The van der Waals surface area contributed by atoms with Crippen molar-refractivity contribution in [3.05, 3.63) is 0 Å². The molecule has 0 aromatic carbocycles. The van der Waals surface area contributed by atoms with Crippen molar-refractivity contribution in [2.75, 3.05) is 20.6 Å². The van der Waals surface area contributed by atoms with E-state index in [1.807, 2.05) is 0 Å². The number of likely N-dealkylation sites (N-methyl/N-ethyl adjacent to an activating group) is 1. The van der Waals surface area contributed by atoms with Gasteiger partial charge in [0.15, 0.2) is 0 Å². The average Bonchev–Trinajstić information content (AvgIpc) is 2.86. The lowest BCUT2D eigenvalue weighted by molar-refractivity contribution is -0.143. The van der Waals surface area contributed by atoms with E-state index in [9.17, 15) is 9.59 Å². The first-order chi connectivity index (χ1) is 9.49. The standard InChI is InChI=1S/C15H27N3O2/c1-17(2)15(20)13-7-4-8-18(13)14(19)10-11-5-3-6-12(16)9-11/h11-13H,3-10,16H2,1-2H3. The number of amides is 2. The van der Waals surface area contributed by atoms with Crippen molar-refractivity contribution in [2.45, 2.75) is 57.0 Å². The zero-order valence-electron chi connectivity index (χ0n) is 12.7. The summed E-state index contributed by atoms with van der Waals surface area (Å²) in [5, 5.41) is 0. The second-order valence-electron chi connectivity index (χ2n) is 6.47. The third-order valence-electron chi connectivity index (χ3n) is 4.59. The lowest BCUT2D eigenvalue weighted by Crippen LogP contribution is -2.46. The first kappa shape index (κ1) is 15.3. The number of hydrogen-bond donors (Lipinski definition) is 1. The van der Waals surface area contributed by atoms with Crippen LogP contribution in [-0.2, 0) is 9.59 Å². The molecule has 0 aromatic rings. The lowest BCUT2D eigenvalue weighted by Gasteiger charge is -2.30. The maximum Gasteiger partial charge on any atom is 0.244 e. The summed E-state index contributed by atoms with van der Waals surface area (Å²) >= 11 is 0. The van der Waals surface area contributed by atoms with Crippen LogP contribution in [0.2, 0.25) is 0 Å². The number of hydrogen-bond acceptors (Lipinski definition) is 3. The first-order valence-corrected chi connectivity index (χ1v) is 7.75. The van der Waals surface area contributed by atoms with Crippen LogP contribution in [0.5, 0.6) is 0 Å². The highest BCUT2D eigenvalue weighted by molar-refractivity contribution is 5.88. The first-order valence-electron chi connectivity index (χ1n) is 7.75. The molecule has 20 heavy (non-hydrogen) atoms. The van der Waals surface area contributed by atoms with Crippen molar-refractivity contribution in [1.29, 1.82) is 0 Å². The molecule has 2 aliphatic rings. The van der Waals surface area contributed by atoms with Crippen LogP contribution in [0.15, 0.2) is 0 Å². The Balaban J connectivity index is 1.92. The molecule has 2 rings (SSSR count). The number of rotatable bonds is 3. The molecule has 0 radical (unpaired) electrons. The number of likely N-dealkylation sites (tertiary alicyclic amines) is 1. The summed E-state index contributed by atoms with van der Waals surface area (Å²) in [7, 11) is 3.51. The summed E-state index contributed by atoms with van der Waals surface area (Å²) in [5.41, 5.74) is 5.98. The molecule has 2 N–H and O–H groups in total. The van der Waals surface area contributed by atoms with E-state index in [-0.39, 0.29) is 23.9 Å². The van der Waals surface area contributed by atoms with Crippen LogP contribution in [-0.4, -0.2) is 54.3 Å². The number of nitrogens with zero attached hydrogens (tertiary/aromatic N) is 2. The predicted octanol–water partition coefficient (Wildman–Crippen LogP) is 0.973. The smallest absolute Gasteiger partial charge is 0.244 e. The van der Waals surface area contributed by atoms with Gasteiger partial charge in [0.25, 0.3) is 0 Å². The van der Waals surface area contributed by atoms with Crippen molar-refractivity contribution in [3.63, 3.8) is 0 Å². The van der Waals surface area contributed by atoms with Gasteiger partial charge < -0.3 is 15.5 Å². The third-order valence-corrected chi connectivity index (χ3v) is 4.59. The molecule has 1 saturated carbocycles. The summed E-state index contributed by atoms with van der Waals surface area (Å²) < 4.78 is 0. The molecule has 2 amide bonds. The Morgan fingerprint density at radius 1 is 1.20 bits per heavy atom. The van der Waals surface area contributed by atoms with Crippen LogP contribution in [0.25, 0.3) is 0 Å². The highest BCUT2D eigenvalue weighted by Gasteiger charge is 2.35. The Kier molecular flexibility index (Phi) is 5.02. The van der Waals surface area contributed by atoms with E-state index in [4.69, 9.17) is 5.73 Å². The van der Waals surface area contributed by atoms with Gasteiger partial charge in [0.1, 0.15) is 6.04 Å². The highest BCUT2D eigenvalue weighted by atomic mass is 16.2. The maximum atomic E-state index is 12.5. The quantitative estimate of drug-likeness (QED) is 0.838. The van der Waals surface area contributed by atoms with Crippen molar-refractivity contribution in [2.24, 2.45) is 11.7 Å². The second kappa shape index (κ2) is 6.57. The summed E-state index contributed by atoms with van der Waals surface area (Å²) in [4.78, 5) is 28.0. The summed E-state index contributed by atoms with van der Waals surface area (Å²) in [6.45, 7) is 0.724. The molecule has 2 fully saturated rings. The fourth-order valence-corrected chi connectivity index (χ4v) is 3.50. The highest BCUT2D eigenvalue weighted by Crippen LogP contribution is 2.28. The minimum Gasteiger partial charge on any atom is -0.347 e. The van der Waals surface area contributed by atoms with Crippen molar-refractivity contribution < 1.29 is 9.59 Å². The van der Waals surface area contributed by atoms with Crippen LogP contribution >= 0.6 is 0 Å². The van der Waals surface area contributed by atoms with E-state index in [0.29, 0.717) is 12.3 Å². The van der Waals surface area contributed by atoms with Crippen LogP contribution in [0.1, 0.15) is 44.9 Å². The summed E-state index contributed by atoms with van der Waals surface area (Å²) in [6.07, 6.45) is 6.54. The Hall–Kier alpha value is -1.10. The monoisotopic (exact) mass is 281 g/mol.